The highest BCUT2D eigenvalue weighted by molar-refractivity contribution is 5.66. The summed E-state index contributed by atoms with van der Waals surface area (Å²) in [6.07, 6.45) is 3.28. The maximum Gasteiger partial charge on any atom is 0.303 e. The number of rotatable bonds is 4. The first-order valence-corrected chi connectivity index (χ1v) is 11.8. The molecule has 0 spiro atoms. The summed E-state index contributed by atoms with van der Waals surface area (Å²) in [5, 5.41) is 9.03. The van der Waals surface area contributed by atoms with E-state index in [1.165, 1.54) is 0 Å². The van der Waals surface area contributed by atoms with Gasteiger partial charge in [0.2, 0.25) is 5.92 Å². The Kier molecular flexibility index (Phi) is 5.30. The molecule has 4 aliphatic carbocycles. The Morgan fingerprint density at radius 2 is 1.70 bits per heavy atom. The fourth-order valence-corrected chi connectivity index (χ4v) is 8.58. The molecule has 0 saturated heterocycles. The van der Waals surface area contributed by atoms with E-state index in [1.807, 2.05) is 13.8 Å². The lowest BCUT2D eigenvalue weighted by atomic mass is 9.43. The molecule has 4 saturated carbocycles. The van der Waals surface area contributed by atoms with Crippen LogP contribution in [0.4, 0.5) is 17.6 Å². The number of carboxylic acid groups (broad SMARTS) is 1. The molecule has 0 aromatic rings. The van der Waals surface area contributed by atoms with Crippen molar-refractivity contribution in [2.75, 3.05) is 0 Å². The van der Waals surface area contributed by atoms with Gasteiger partial charge in [-0.2, -0.15) is 0 Å². The maximum absolute atomic E-state index is 15.9. The van der Waals surface area contributed by atoms with Crippen molar-refractivity contribution < 1.29 is 27.5 Å². The first-order chi connectivity index (χ1) is 13.8. The van der Waals surface area contributed by atoms with Crippen LogP contribution in [0.15, 0.2) is 0 Å². The predicted molar refractivity (Wildman–Crippen MR) is 107 cm³/mol. The van der Waals surface area contributed by atoms with Gasteiger partial charge in [0, 0.05) is 31.1 Å². The Hall–Kier alpha value is -0.810. The lowest BCUT2D eigenvalue weighted by Gasteiger charge is -2.63. The fraction of sp³-hybridized carbons (Fsp3) is 0.958. The van der Waals surface area contributed by atoms with Gasteiger partial charge in [0.15, 0.2) is 0 Å². The second kappa shape index (κ2) is 7.10. The first kappa shape index (κ1) is 22.4. The van der Waals surface area contributed by atoms with E-state index >= 15 is 8.78 Å². The van der Waals surface area contributed by atoms with Gasteiger partial charge in [0.1, 0.15) is 0 Å². The highest BCUT2D eigenvalue weighted by Gasteiger charge is 2.71. The third kappa shape index (κ3) is 3.21. The van der Waals surface area contributed by atoms with Crippen molar-refractivity contribution in [2.45, 2.75) is 96.8 Å². The summed E-state index contributed by atoms with van der Waals surface area (Å²) in [7, 11) is 0. The molecule has 0 aliphatic heterocycles. The van der Waals surface area contributed by atoms with Crippen LogP contribution in [0.3, 0.4) is 0 Å². The quantitative estimate of drug-likeness (QED) is 0.484. The van der Waals surface area contributed by atoms with Gasteiger partial charge < -0.3 is 5.11 Å². The molecule has 0 bridgehead atoms. The van der Waals surface area contributed by atoms with Crippen LogP contribution >= 0.6 is 0 Å². The van der Waals surface area contributed by atoms with E-state index in [9.17, 15) is 13.6 Å². The summed E-state index contributed by atoms with van der Waals surface area (Å²) in [6, 6.07) is 0. The number of fused-ring (bicyclic) bond motifs is 5. The van der Waals surface area contributed by atoms with E-state index in [-0.39, 0.29) is 61.2 Å². The third-order valence-electron chi connectivity index (χ3n) is 10.3. The summed E-state index contributed by atoms with van der Waals surface area (Å²) in [4.78, 5) is 11.0. The van der Waals surface area contributed by atoms with Crippen molar-refractivity contribution >= 4 is 5.97 Å². The number of halogens is 4. The van der Waals surface area contributed by atoms with Crippen LogP contribution in [0.2, 0.25) is 0 Å². The Balaban J connectivity index is 1.62. The number of carboxylic acids is 1. The Morgan fingerprint density at radius 3 is 2.37 bits per heavy atom. The van der Waals surface area contributed by atoms with Crippen molar-refractivity contribution in [3.63, 3.8) is 0 Å². The minimum atomic E-state index is -2.84. The highest BCUT2D eigenvalue weighted by atomic mass is 19.3. The summed E-state index contributed by atoms with van der Waals surface area (Å²) in [5.74, 6) is -6.87. The van der Waals surface area contributed by atoms with Gasteiger partial charge in [-0.15, -0.1) is 0 Å². The van der Waals surface area contributed by atoms with Gasteiger partial charge in [-0.05, 0) is 79.4 Å². The van der Waals surface area contributed by atoms with E-state index in [4.69, 9.17) is 5.11 Å². The van der Waals surface area contributed by atoms with Gasteiger partial charge in [-0.25, -0.2) is 17.6 Å². The molecular formula is C24H36F4O2. The van der Waals surface area contributed by atoms with Crippen LogP contribution in [0.1, 0.15) is 85.0 Å². The Labute approximate surface area is 177 Å². The van der Waals surface area contributed by atoms with Crippen LogP contribution in [0.25, 0.3) is 0 Å². The van der Waals surface area contributed by atoms with Gasteiger partial charge in [-0.3, -0.25) is 4.79 Å². The second-order valence-corrected chi connectivity index (χ2v) is 11.5. The molecule has 0 aromatic carbocycles. The number of hydrogen-bond donors (Lipinski definition) is 1. The van der Waals surface area contributed by atoms with E-state index in [2.05, 4.69) is 0 Å². The lowest BCUT2D eigenvalue weighted by molar-refractivity contribution is -0.252. The van der Waals surface area contributed by atoms with Crippen LogP contribution in [0, 0.1) is 46.3 Å². The van der Waals surface area contributed by atoms with Crippen molar-refractivity contribution in [3.05, 3.63) is 0 Å². The number of carbonyl (C=O) groups is 1. The minimum Gasteiger partial charge on any atom is -0.481 e. The SMILES string of the molecule is C[C@H](CCC(=O)O)C1CC[C@H]2[C@@H]3CC[C@@H]4CC(F)(F)CC[C@]4(C)[C@H]3CC(F)(F)[C@]12C. The van der Waals surface area contributed by atoms with Crippen LogP contribution in [-0.4, -0.2) is 22.9 Å². The smallest absolute Gasteiger partial charge is 0.303 e. The highest BCUT2D eigenvalue weighted by Crippen LogP contribution is 2.72. The molecule has 8 atom stereocenters. The third-order valence-corrected chi connectivity index (χ3v) is 10.3. The maximum atomic E-state index is 15.9. The molecular weight excluding hydrogens is 396 g/mol. The Morgan fingerprint density at radius 1 is 1.00 bits per heavy atom. The van der Waals surface area contributed by atoms with Gasteiger partial charge in [0.25, 0.3) is 5.92 Å². The number of hydrogen-bond acceptors (Lipinski definition) is 1. The normalized spacial score (nSPS) is 47.6. The molecule has 4 fully saturated rings. The predicted octanol–water partition coefficient (Wildman–Crippen LogP) is 7.03. The van der Waals surface area contributed by atoms with Crippen molar-refractivity contribution in [1.29, 1.82) is 0 Å². The van der Waals surface area contributed by atoms with Crippen molar-refractivity contribution in [2.24, 2.45) is 46.3 Å². The molecule has 30 heavy (non-hydrogen) atoms. The minimum absolute atomic E-state index is 0.0179. The molecule has 4 aliphatic rings. The van der Waals surface area contributed by atoms with E-state index < -0.39 is 28.6 Å². The molecule has 0 amide bonds. The zero-order chi connectivity index (χ0) is 22.1. The fourth-order valence-electron chi connectivity index (χ4n) is 8.58. The summed E-state index contributed by atoms with van der Waals surface area (Å²) in [5.41, 5.74) is -1.53. The largest absolute Gasteiger partial charge is 0.481 e. The van der Waals surface area contributed by atoms with Crippen molar-refractivity contribution in [1.82, 2.24) is 0 Å². The van der Waals surface area contributed by atoms with Crippen LogP contribution in [0.5, 0.6) is 0 Å². The molecule has 0 aromatic heterocycles. The monoisotopic (exact) mass is 432 g/mol. The summed E-state index contributed by atoms with van der Waals surface area (Å²) in [6.45, 7) is 5.71. The van der Waals surface area contributed by atoms with Gasteiger partial charge in [0.05, 0.1) is 0 Å². The van der Waals surface area contributed by atoms with E-state index in [0.29, 0.717) is 12.8 Å². The van der Waals surface area contributed by atoms with E-state index in [0.717, 1.165) is 25.7 Å². The average molecular weight is 433 g/mol. The first-order valence-electron chi connectivity index (χ1n) is 11.8. The molecule has 172 valence electrons. The second-order valence-electron chi connectivity index (χ2n) is 11.5. The van der Waals surface area contributed by atoms with Gasteiger partial charge in [-0.1, -0.05) is 20.8 Å². The summed E-state index contributed by atoms with van der Waals surface area (Å²) >= 11 is 0. The number of alkyl halides is 4. The standard InChI is InChI=1S/C24H36F4O2/c1-14(4-9-20(29)30)17-7-8-18-16-6-5-15-12-23(25,26)11-10-21(15,2)19(16)13-24(27,28)22(17,18)3/h14-19H,4-13H2,1-3H3,(H,29,30)/t14-,15-,16+,17?,18+,19+,21+,22-/m1/s1. The molecule has 6 heteroatoms. The Bertz CT molecular complexity index is 695. The van der Waals surface area contributed by atoms with Crippen LogP contribution < -0.4 is 0 Å². The molecule has 2 nitrogen and oxygen atoms in total. The topological polar surface area (TPSA) is 37.3 Å². The van der Waals surface area contributed by atoms with E-state index in [1.54, 1.807) is 6.92 Å². The van der Waals surface area contributed by atoms with Crippen LogP contribution in [-0.2, 0) is 4.79 Å². The average Bonchev–Trinajstić information content (AvgIpc) is 3.00. The molecule has 4 rings (SSSR count). The molecule has 1 N–H and O–H groups in total. The van der Waals surface area contributed by atoms with Crippen molar-refractivity contribution in [3.8, 4) is 0 Å². The zero-order valence-corrected chi connectivity index (χ0v) is 18.4. The molecule has 0 radical (unpaired) electrons. The lowest BCUT2D eigenvalue weighted by Crippen LogP contribution is -2.61. The zero-order valence-electron chi connectivity index (χ0n) is 18.4. The number of aliphatic carboxylic acids is 1. The molecule has 0 heterocycles. The summed E-state index contributed by atoms with van der Waals surface area (Å²) < 4.78 is 60.0. The molecule has 1 unspecified atom stereocenters. The van der Waals surface area contributed by atoms with Gasteiger partial charge >= 0.3 is 5.97 Å².